The van der Waals surface area contributed by atoms with Crippen molar-refractivity contribution in [2.75, 3.05) is 39.5 Å². The largest absolute Gasteiger partial charge is 0.491 e. The van der Waals surface area contributed by atoms with Crippen molar-refractivity contribution in [2.45, 2.75) is 26.1 Å². The van der Waals surface area contributed by atoms with Crippen LogP contribution in [-0.2, 0) is 17.8 Å². The van der Waals surface area contributed by atoms with Crippen LogP contribution in [0.1, 0.15) is 15.3 Å². The molecule has 0 aliphatic carbocycles. The van der Waals surface area contributed by atoms with Crippen LogP contribution in [0.25, 0.3) is 0 Å². The number of nitrogens with one attached hydrogen (secondary N) is 1. The zero-order chi connectivity index (χ0) is 18.2. The van der Waals surface area contributed by atoms with Gasteiger partial charge in [-0.3, -0.25) is 4.90 Å². The van der Waals surface area contributed by atoms with E-state index in [1.807, 2.05) is 29.5 Å². The van der Waals surface area contributed by atoms with Crippen LogP contribution in [-0.4, -0.2) is 55.6 Å². The number of aliphatic hydroxyl groups is 1. The van der Waals surface area contributed by atoms with Gasteiger partial charge in [0.25, 0.3) is 0 Å². The van der Waals surface area contributed by atoms with Crippen LogP contribution in [0.15, 0.2) is 36.4 Å². The van der Waals surface area contributed by atoms with Crippen molar-refractivity contribution in [1.29, 1.82) is 0 Å². The maximum Gasteiger partial charge on any atom is 0.119 e. The fraction of sp³-hybridized carbons (Fsp3) is 0.500. The van der Waals surface area contributed by atoms with Crippen molar-refractivity contribution in [3.8, 4) is 5.75 Å². The van der Waals surface area contributed by atoms with Crippen LogP contribution in [0.3, 0.4) is 0 Å². The molecule has 2 heterocycles. The molecule has 2 N–H and O–H groups in total. The van der Waals surface area contributed by atoms with E-state index in [1.54, 1.807) is 0 Å². The highest BCUT2D eigenvalue weighted by molar-refractivity contribution is 7.11. The van der Waals surface area contributed by atoms with Crippen LogP contribution >= 0.6 is 11.3 Å². The Morgan fingerprint density at radius 2 is 2.08 bits per heavy atom. The smallest absolute Gasteiger partial charge is 0.119 e. The van der Waals surface area contributed by atoms with Gasteiger partial charge in [-0.25, -0.2) is 0 Å². The topological polar surface area (TPSA) is 54.0 Å². The molecular weight excluding hydrogens is 348 g/mol. The Labute approximate surface area is 159 Å². The fourth-order valence-corrected chi connectivity index (χ4v) is 3.84. The third-order valence-electron chi connectivity index (χ3n) is 4.34. The third kappa shape index (κ3) is 6.37. The van der Waals surface area contributed by atoms with Gasteiger partial charge >= 0.3 is 0 Å². The van der Waals surface area contributed by atoms with Gasteiger partial charge in [0, 0.05) is 42.5 Å². The minimum absolute atomic E-state index is 0.308. The predicted octanol–water partition coefficient (Wildman–Crippen LogP) is 2.42. The Morgan fingerprint density at radius 3 is 2.85 bits per heavy atom. The molecule has 1 saturated heterocycles. The van der Waals surface area contributed by atoms with E-state index in [-0.39, 0.29) is 0 Å². The first kappa shape index (κ1) is 19.3. The second kappa shape index (κ2) is 10.0. The molecule has 2 aromatic rings. The average molecular weight is 377 g/mol. The minimum Gasteiger partial charge on any atom is -0.491 e. The van der Waals surface area contributed by atoms with Gasteiger partial charge in [0.05, 0.1) is 13.2 Å². The number of ether oxygens (including phenoxy) is 2. The van der Waals surface area contributed by atoms with E-state index < -0.39 is 6.10 Å². The molecule has 1 aromatic heterocycles. The standard InChI is InChI=1S/C20H28N2O3S/c1-16-5-6-20(26-16)13-21-12-17-3-2-4-19(11-17)25-15-18(23)14-22-7-9-24-10-8-22/h2-6,11,18,21,23H,7-10,12-15H2,1H3/t18-/m1/s1. The van der Waals surface area contributed by atoms with Crippen LogP contribution in [0.4, 0.5) is 0 Å². The molecular formula is C20H28N2O3S. The molecule has 1 aliphatic heterocycles. The van der Waals surface area contributed by atoms with Crippen molar-refractivity contribution >= 4 is 11.3 Å². The number of nitrogens with zero attached hydrogens (tertiary/aromatic N) is 1. The SMILES string of the molecule is Cc1ccc(CNCc2cccc(OC[C@H](O)CN3CCOCC3)c2)s1. The molecule has 0 amide bonds. The van der Waals surface area contributed by atoms with E-state index in [9.17, 15) is 5.11 Å². The summed E-state index contributed by atoms with van der Waals surface area (Å²) in [4.78, 5) is 4.90. The first-order valence-corrected chi connectivity index (χ1v) is 9.96. The number of aryl methyl sites for hydroxylation is 1. The molecule has 0 radical (unpaired) electrons. The van der Waals surface area contributed by atoms with Gasteiger partial charge in [-0.05, 0) is 36.8 Å². The molecule has 1 atom stereocenters. The number of hydrogen-bond acceptors (Lipinski definition) is 6. The summed E-state index contributed by atoms with van der Waals surface area (Å²) >= 11 is 1.82. The van der Waals surface area contributed by atoms with Crippen LogP contribution in [0.2, 0.25) is 0 Å². The Morgan fingerprint density at radius 1 is 1.23 bits per heavy atom. The molecule has 0 saturated carbocycles. The molecule has 0 unspecified atom stereocenters. The lowest BCUT2D eigenvalue weighted by molar-refractivity contribution is 0.00465. The molecule has 0 bridgehead atoms. The van der Waals surface area contributed by atoms with Crippen LogP contribution in [0, 0.1) is 6.92 Å². The van der Waals surface area contributed by atoms with E-state index in [4.69, 9.17) is 9.47 Å². The number of benzene rings is 1. The summed E-state index contributed by atoms with van der Waals surface area (Å²) in [7, 11) is 0. The molecule has 3 rings (SSSR count). The highest BCUT2D eigenvalue weighted by Crippen LogP contribution is 2.16. The highest BCUT2D eigenvalue weighted by Gasteiger charge is 2.15. The number of morpholine rings is 1. The Kier molecular flexibility index (Phi) is 7.46. The van der Waals surface area contributed by atoms with E-state index in [0.29, 0.717) is 13.2 Å². The van der Waals surface area contributed by atoms with Gasteiger partial charge in [-0.2, -0.15) is 0 Å². The number of thiophene rings is 1. The van der Waals surface area contributed by atoms with Crippen molar-refractivity contribution in [3.63, 3.8) is 0 Å². The number of β-amino-alcohol motifs (C(OH)–C–C–N with tert-alkyl or cyclic N) is 1. The van der Waals surface area contributed by atoms with E-state index in [2.05, 4.69) is 35.3 Å². The predicted molar refractivity (Wildman–Crippen MR) is 105 cm³/mol. The van der Waals surface area contributed by atoms with Gasteiger partial charge in [-0.1, -0.05) is 12.1 Å². The molecule has 6 heteroatoms. The summed E-state index contributed by atoms with van der Waals surface area (Å²) in [6.07, 6.45) is -0.489. The van der Waals surface area contributed by atoms with Crippen LogP contribution < -0.4 is 10.1 Å². The zero-order valence-corrected chi connectivity index (χ0v) is 16.1. The summed E-state index contributed by atoms with van der Waals surface area (Å²) in [5.74, 6) is 0.803. The maximum absolute atomic E-state index is 10.2. The summed E-state index contributed by atoms with van der Waals surface area (Å²) in [5, 5.41) is 13.6. The Bertz CT molecular complexity index is 671. The lowest BCUT2D eigenvalue weighted by Gasteiger charge is -2.28. The fourth-order valence-electron chi connectivity index (χ4n) is 2.98. The molecule has 1 aromatic carbocycles. The molecule has 142 valence electrons. The lowest BCUT2D eigenvalue weighted by atomic mass is 10.2. The quantitative estimate of drug-likeness (QED) is 0.704. The van der Waals surface area contributed by atoms with Crippen molar-refractivity contribution in [2.24, 2.45) is 0 Å². The highest BCUT2D eigenvalue weighted by atomic mass is 32.1. The second-order valence-electron chi connectivity index (χ2n) is 6.64. The number of aliphatic hydroxyl groups excluding tert-OH is 1. The Balaban J connectivity index is 1.40. The van der Waals surface area contributed by atoms with Gasteiger partial charge < -0.3 is 19.9 Å². The van der Waals surface area contributed by atoms with Gasteiger partial charge in [0.2, 0.25) is 0 Å². The number of hydrogen-bond donors (Lipinski definition) is 2. The second-order valence-corrected chi connectivity index (χ2v) is 8.01. The molecule has 1 aliphatic rings. The van der Waals surface area contributed by atoms with Gasteiger partial charge in [0.15, 0.2) is 0 Å². The van der Waals surface area contributed by atoms with E-state index in [0.717, 1.165) is 45.1 Å². The van der Waals surface area contributed by atoms with Gasteiger partial charge in [-0.15, -0.1) is 11.3 Å². The first-order chi connectivity index (χ1) is 12.7. The lowest BCUT2D eigenvalue weighted by Crippen LogP contribution is -2.42. The van der Waals surface area contributed by atoms with E-state index >= 15 is 0 Å². The molecule has 1 fully saturated rings. The van der Waals surface area contributed by atoms with Gasteiger partial charge in [0.1, 0.15) is 18.5 Å². The summed E-state index contributed by atoms with van der Waals surface area (Å²) in [6, 6.07) is 12.4. The number of rotatable bonds is 9. The normalized spacial score (nSPS) is 16.5. The average Bonchev–Trinajstić information content (AvgIpc) is 3.06. The minimum atomic E-state index is -0.489. The maximum atomic E-state index is 10.2. The Hall–Kier alpha value is -1.44. The molecule has 26 heavy (non-hydrogen) atoms. The first-order valence-electron chi connectivity index (χ1n) is 9.15. The summed E-state index contributed by atoms with van der Waals surface area (Å²) in [6.45, 7) is 7.98. The van der Waals surface area contributed by atoms with Crippen molar-refractivity contribution in [1.82, 2.24) is 10.2 Å². The summed E-state index contributed by atoms with van der Waals surface area (Å²) in [5.41, 5.74) is 1.18. The summed E-state index contributed by atoms with van der Waals surface area (Å²) < 4.78 is 11.1. The zero-order valence-electron chi connectivity index (χ0n) is 15.3. The van der Waals surface area contributed by atoms with Crippen molar-refractivity contribution in [3.05, 3.63) is 51.7 Å². The van der Waals surface area contributed by atoms with E-state index in [1.165, 1.54) is 15.3 Å². The monoisotopic (exact) mass is 376 g/mol. The molecule has 0 spiro atoms. The third-order valence-corrected chi connectivity index (χ3v) is 5.34. The van der Waals surface area contributed by atoms with Crippen LogP contribution in [0.5, 0.6) is 5.75 Å². The molecule has 5 nitrogen and oxygen atoms in total. The van der Waals surface area contributed by atoms with Crippen molar-refractivity contribution < 1.29 is 14.6 Å².